The maximum atomic E-state index is 13.8. The van der Waals surface area contributed by atoms with Crippen LogP contribution in [0.4, 0.5) is 10.1 Å². The minimum absolute atomic E-state index is 0.0813. The van der Waals surface area contributed by atoms with E-state index in [0.29, 0.717) is 11.4 Å². The third-order valence-corrected chi connectivity index (χ3v) is 5.06. The Morgan fingerprint density at radius 2 is 2.00 bits per heavy atom. The van der Waals surface area contributed by atoms with E-state index in [0.717, 1.165) is 33.5 Å². The fraction of sp³-hybridized carbons (Fsp3) is 0.190. The number of carbonyl (C=O) groups excluding carboxylic acids is 1. The first kappa shape index (κ1) is 18.4. The number of aromatic nitrogens is 3. The van der Waals surface area contributed by atoms with Crippen molar-refractivity contribution in [1.29, 1.82) is 0 Å². The van der Waals surface area contributed by atoms with Crippen LogP contribution < -0.4 is 5.32 Å². The second-order valence-electron chi connectivity index (χ2n) is 6.69. The Kier molecular flexibility index (Phi) is 4.73. The Morgan fingerprint density at radius 3 is 2.82 bits per heavy atom. The van der Waals surface area contributed by atoms with Crippen molar-refractivity contribution in [1.82, 2.24) is 14.6 Å². The van der Waals surface area contributed by atoms with Gasteiger partial charge in [0.25, 0.3) is 0 Å². The van der Waals surface area contributed by atoms with Gasteiger partial charge in [0.1, 0.15) is 5.82 Å². The van der Waals surface area contributed by atoms with Crippen LogP contribution in [-0.4, -0.2) is 20.5 Å². The molecule has 0 fully saturated rings. The average Bonchev–Trinajstić information content (AvgIpc) is 3.03. The monoisotopic (exact) mass is 396 g/mol. The SMILES string of the molecule is Cc1nc2c3ccccc3nn2c(C)c1CCC(=O)Nc1cc(Cl)ccc1F. The number of benzene rings is 2. The number of hydrogen-bond acceptors (Lipinski definition) is 3. The number of rotatable bonds is 4. The van der Waals surface area contributed by atoms with Crippen molar-refractivity contribution >= 4 is 39.7 Å². The van der Waals surface area contributed by atoms with Gasteiger partial charge < -0.3 is 5.32 Å². The molecule has 1 N–H and O–H groups in total. The van der Waals surface area contributed by atoms with Gasteiger partial charge in [0.2, 0.25) is 5.91 Å². The van der Waals surface area contributed by atoms with Gasteiger partial charge in [0, 0.05) is 28.2 Å². The van der Waals surface area contributed by atoms with Gasteiger partial charge >= 0.3 is 0 Å². The zero-order chi connectivity index (χ0) is 19.8. The number of hydrogen-bond donors (Lipinski definition) is 1. The minimum atomic E-state index is -0.517. The van der Waals surface area contributed by atoms with Crippen molar-refractivity contribution in [2.24, 2.45) is 0 Å². The number of anilines is 1. The van der Waals surface area contributed by atoms with Crippen molar-refractivity contribution in [3.8, 4) is 0 Å². The number of aryl methyl sites for hydroxylation is 2. The first-order chi connectivity index (χ1) is 13.4. The molecule has 2 heterocycles. The molecule has 0 aliphatic heterocycles. The highest BCUT2D eigenvalue weighted by molar-refractivity contribution is 6.30. The first-order valence-corrected chi connectivity index (χ1v) is 9.30. The number of fused-ring (bicyclic) bond motifs is 3. The molecule has 5 nitrogen and oxygen atoms in total. The van der Waals surface area contributed by atoms with Gasteiger partial charge in [-0.15, -0.1) is 0 Å². The molecule has 1 amide bonds. The molecule has 0 atom stereocenters. The van der Waals surface area contributed by atoms with Gasteiger partial charge in [-0.25, -0.2) is 13.9 Å². The third kappa shape index (κ3) is 3.31. The molecule has 0 bridgehead atoms. The van der Waals surface area contributed by atoms with Crippen LogP contribution in [-0.2, 0) is 11.2 Å². The highest BCUT2D eigenvalue weighted by Gasteiger charge is 2.15. The number of nitrogens with zero attached hydrogens (tertiary/aromatic N) is 3. The van der Waals surface area contributed by atoms with E-state index in [9.17, 15) is 9.18 Å². The summed E-state index contributed by atoms with van der Waals surface area (Å²) in [4.78, 5) is 17.0. The lowest BCUT2D eigenvalue weighted by Gasteiger charge is -2.11. The molecule has 4 rings (SSSR count). The van der Waals surface area contributed by atoms with Gasteiger partial charge in [-0.05, 0) is 56.2 Å². The Bertz CT molecular complexity index is 1220. The van der Waals surface area contributed by atoms with E-state index in [1.807, 2.05) is 42.6 Å². The summed E-state index contributed by atoms with van der Waals surface area (Å²) < 4.78 is 15.6. The van der Waals surface area contributed by atoms with Crippen LogP contribution in [0, 0.1) is 19.7 Å². The second-order valence-corrected chi connectivity index (χ2v) is 7.12. The van der Waals surface area contributed by atoms with Crippen molar-refractivity contribution in [3.63, 3.8) is 0 Å². The summed E-state index contributed by atoms with van der Waals surface area (Å²) in [5, 5.41) is 8.56. The van der Waals surface area contributed by atoms with Gasteiger partial charge in [0.05, 0.1) is 11.2 Å². The Balaban J connectivity index is 1.58. The predicted octanol–water partition coefficient (Wildman–Crippen LogP) is 4.86. The van der Waals surface area contributed by atoms with E-state index in [1.165, 1.54) is 18.2 Å². The zero-order valence-corrected chi connectivity index (χ0v) is 16.2. The molecule has 0 saturated heterocycles. The molecule has 0 aliphatic rings. The molecule has 2 aromatic carbocycles. The molecule has 28 heavy (non-hydrogen) atoms. The quantitative estimate of drug-likeness (QED) is 0.535. The van der Waals surface area contributed by atoms with Crippen LogP contribution in [0.5, 0.6) is 0 Å². The number of carbonyl (C=O) groups is 1. The summed E-state index contributed by atoms with van der Waals surface area (Å²) in [6.45, 7) is 3.90. The Hall–Kier alpha value is -2.99. The zero-order valence-electron chi connectivity index (χ0n) is 15.5. The fourth-order valence-electron chi connectivity index (χ4n) is 3.38. The van der Waals surface area contributed by atoms with E-state index in [4.69, 9.17) is 16.6 Å². The smallest absolute Gasteiger partial charge is 0.224 e. The van der Waals surface area contributed by atoms with Gasteiger partial charge in [-0.3, -0.25) is 4.79 Å². The molecular formula is C21H18ClFN4O. The van der Waals surface area contributed by atoms with Crippen LogP contribution in [0.2, 0.25) is 5.02 Å². The molecular weight excluding hydrogens is 379 g/mol. The lowest BCUT2D eigenvalue weighted by atomic mass is 10.1. The van der Waals surface area contributed by atoms with E-state index in [2.05, 4.69) is 10.4 Å². The Labute approximate surface area is 166 Å². The molecule has 4 aromatic rings. The minimum Gasteiger partial charge on any atom is -0.324 e. The summed E-state index contributed by atoms with van der Waals surface area (Å²) in [5.74, 6) is -0.804. The first-order valence-electron chi connectivity index (χ1n) is 8.92. The maximum Gasteiger partial charge on any atom is 0.224 e. The van der Waals surface area contributed by atoms with Gasteiger partial charge in [0.15, 0.2) is 5.65 Å². The molecule has 7 heteroatoms. The van der Waals surface area contributed by atoms with Crippen LogP contribution in [0.1, 0.15) is 23.4 Å². The average molecular weight is 397 g/mol. The standard InChI is InChI=1S/C21H18ClFN4O/c1-12-15(8-10-20(28)25-19-11-14(22)7-9-17(19)23)13(2)27-21(24-12)16-5-3-4-6-18(16)26-27/h3-7,9,11H,8,10H2,1-2H3,(H,25,28). The molecule has 0 spiro atoms. The normalized spacial score (nSPS) is 11.3. The molecule has 0 unspecified atom stereocenters. The summed E-state index contributed by atoms with van der Waals surface area (Å²) in [6.07, 6.45) is 0.673. The lowest BCUT2D eigenvalue weighted by molar-refractivity contribution is -0.116. The van der Waals surface area contributed by atoms with Crippen LogP contribution in [0.15, 0.2) is 42.5 Å². The lowest BCUT2D eigenvalue weighted by Crippen LogP contribution is -2.15. The number of amides is 1. The fourth-order valence-corrected chi connectivity index (χ4v) is 3.55. The van der Waals surface area contributed by atoms with Crippen LogP contribution in [0.25, 0.3) is 16.6 Å². The van der Waals surface area contributed by atoms with Gasteiger partial charge in [-0.2, -0.15) is 5.10 Å². The maximum absolute atomic E-state index is 13.8. The molecule has 0 aliphatic carbocycles. The van der Waals surface area contributed by atoms with E-state index in [-0.39, 0.29) is 18.0 Å². The van der Waals surface area contributed by atoms with E-state index >= 15 is 0 Å². The van der Waals surface area contributed by atoms with Crippen molar-refractivity contribution in [2.75, 3.05) is 5.32 Å². The second kappa shape index (κ2) is 7.20. The summed E-state index contributed by atoms with van der Waals surface area (Å²) >= 11 is 5.87. The highest BCUT2D eigenvalue weighted by atomic mass is 35.5. The van der Waals surface area contributed by atoms with Crippen molar-refractivity contribution < 1.29 is 9.18 Å². The predicted molar refractivity (Wildman–Crippen MR) is 108 cm³/mol. The summed E-state index contributed by atoms with van der Waals surface area (Å²) in [5.41, 5.74) is 4.53. The largest absolute Gasteiger partial charge is 0.324 e. The molecule has 0 saturated carbocycles. The van der Waals surface area contributed by atoms with Crippen molar-refractivity contribution in [3.05, 3.63) is 70.3 Å². The topological polar surface area (TPSA) is 59.3 Å². The van der Waals surface area contributed by atoms with E-state index < -0.39 is 5.82 Å². The van der Waals surface area contributed by atoms with Crippen molar-refractivity contribution in [2.45, 2.75) is 26.7 Å². The molecule has 2 aromatic heterocycles. The summed E-state index contributed by atoms with van der Waals surface area (Å²) in [7, 11) is 0. The van der Waals surface area contributed by atoms with E-state index in [1.54, 1.807) is 0 Å². The molecule has 0 radical (unpaired) electrons. The molecule has 142 valence electrons. The third-order valence-electron chi connectivity index (χ3n) is 4.82. The number of halogens is 2. The van der Waals surface area contributed by atoms with Crippen LogP contribution >= 0.6 is 11.6 Å². The number of nitrogens with one attached hydrogen (secondary N) is 1. The van der Waals surface area contributed by atoms with Crippen LogP contribution in [0.3, 0.4) is 0 Å². The highest BCUT2D eigenvalue weighted by Crippen LogP contribution is 2.23. The summed E-state index contributed by atoms with van der Waals surface area (Å²) in [6, 6.07) is 11.9. The van der Waals surface area contributed by atoms with Gasteiger partial charge in [-0.1, -0.05) is 23.7 Å². The Morgan fingerprint density at radius 1 is 1.21 bits per heavy atom.